The van der Waals surface area contributed by atoms with Gasteiger partial charge in [-0.2, -0.15) is 0 Å². The van der Waals surface area contributed by atoms with Crippen molar-refractivity contribution in [1.82, 2.24) is 40.9 Å². The molecule has 2 bridgehead atoms. The molecule has 2 amide bonds. The number of amides is 2. The quantitative estimate of drug-likeness (QED) is 0.0755. The predicted octanol–water partition coefficient (Wildman–Crippen LogP) is 6.54. The topological polar surface area (TPSA) is 231 Å². The fraction of sp³-hybridized carbons (Fsp3) is 0.455. The van der Waals surface area contributed by atoms with Crippen LogP contribution in [0.1, 0.15) is 81.9 Å². The number of thiazole rings is 1. The van der Waals surface area contributed by atoms with Crippen molar-refractivity contribution in [3.63, 3.8) is 0 Å². The van der Waals surface area contributed by atoms with Crippen LogP contribution in [0.15, 0.2) is 83.0 Å². The zero-order valence-electron chi connectivity index (χ0n) is 42.7. The number of pyridine rings is 1. The van der Waals surface area contributed by atoms with E-state index in [0.717, 1.165) is 91.2 Å². The highest BCUT2D eigenvalue weighted by Gasteiger charge is 2.46. The Morgan fingerprint density at radius 1 is 0.920 bits per heavy atom. The molecule has 1 saturated carbocycles. The fourth-order valence-corrected chi connectivity index (χ4v) is 12.4. The number of likely N-dealkylation sites (tertiary alicyclic amines) is 1. The number of aldehydes is 1. The van der Waals surface area contributed by atoms with Crippen molar-refractivity contribution >= 4 is 52.4 Å². The molecule has 0 spiro atoms. The van der Waals surface area contributed by atoms with E-state index in [0.29, 0.717) is 41.8 Å². The minimum absolute atomic E-state index is 0.00390. The Hall–Kier alpha value is -7.32. The Labute approximate surface area is 439 Å². The summed E-state index contributed by atoms with van der Waals surface area (Å²) in [5, 5.41) is 31.8. The summed E-state index contributed by atoms with van der Waals surface area (Å²) in [6.07, 6.45) is 5.72. The van der Waals surface area contributed by atoms with Gasteiger partial charge in [-0.15, -0.1) is 21.5 Å². The average Bonchev–Trinajstić information content (AvgIpc) is 4.22. The van der Waals surface area contributed by atoms with E-state index in [4.69, 9.17) is 19.7 Å². The molecule has 5 aliphatic rings. The van der Waals surface area contributed by atoms with Gasteiger partial charge in [0.05, 0.1) is 40.0 Å². The van der Waals surface area contributed by atoms with E-state index in [2.05, 4.69) is 50.7 Å². The summed E-state index contributed by atoms with van der Waals surface area (Å²) >= 11 is 1.59. The number of rotatable bonds is 16. The molecule has 5 fully saturated rings. The Balaban J connectivity index is 0.813. The molecule has 5 N–H and O–H groups in total. The number of nitrogens with zero attached hydrogens (tertiary/aromatic N) is 9. The summed E-state index contributed by atoms with van der Waals surface area (Å²) in [5.41, 5.74) is 13.9. The minimum Gasteiger partial charge on any atom is -0.504 e. The molecule has 6 atom stereocenters. The zero-order valence-corrected chi connectivity index (χ0v) is 43.5. The number of nitrogens with one attached hydrogen (secondary N) is 2. The number of phenols is 1. The fourth-order valence-electron chi connectivity index (χ4n) is 11.6. The predicted molar refractivity (Wildman–Crippen MR) is 285 cm³/mol. The summed E-state index contributed by atoms with van der Waals surface area (Å²) in [5.74, 6) is 0.558. The molecule has 4 aliphatic heterocycles. The third-order valence-electron chi connectivity index (χ3n) is 15.6. The number of phenolic OH excluding ortho intramolecular Hbond substituents is 1. The standard InChI is InChI=1S/C55H64N12O7S/c1-31(2)50(47-25-48(63-74-47)64-18-16-57-17-19-64)55(71)66-28-41(23-45(66)54(70)60-32(3)35-8-10-36(11-9-35)52-33(4)59-30-75-52)72-46-7-5-6-42(51(46)69)43-24-44(53(56)62-61-43)65-26-38-12-13-39(27-65)67(38)37-14-15-58-49(22-37)73-40-20-34(21-40)29-68/h5-11,14-15,22,24-25,29-32,34,38-41,45,50,57,69H,12-13,16-21,23,26-28H2,1-4H3,(H2,56,62)(H,60,70)/t32-,34-,38?,39?,40-,41+,45-,50+/m0/s1. The number of anilines is 4. The van der Waals surface area contributed by atoms with Gasteiger partial charge in [0.1, 0.15) is 30.5 Å². The molecule has 392 valence electrons. The van der Waals surface area contributed by atoms with Crippen molar-refractivity contribution in [3.8, 4) is 39.1 Å². The molecule has 11 rings (SSSR count). The molecule has 2 aromatic carbocycles. The second-order valence-electron chi connectivity index (χ2n) is 21.0. The Morgan fingerprint density at radius 2 is 1.69 bits per heavy atom. The molecule has 4 aromatic heterocycles. The van der Waals surface area contributed by atoms with Gasteiger partial charge in [-0.1, -0.05) is 49.3 Å². The number of aromatic hydroxyl groups is 1. The van der Waals surface area contributed by atoms with Crippen LogP contribution in [-0.4, -0.2) is 130 Å². The van der Waals surface area contributed by atoms with Gasteiger partial charge >= 0.3 is 0 Å². The second kappa shape index (κ2) is 21.1. The Kier molecular flexibility index (Phi) is 14.0. The summed E-state index contributed by atoms with van der Waals surface area (Å²) in [4.78, 5) is 59.1. The molecule has 6 aromatic rings. The number of ether oxygens (including phenoxy) is 2. The number of para-hydroxylation sites is 1. The normalized spacial score (nSPS) is 23.2. The first-order chi connectivity index (χ1) is 36.4. The van der Waals surface area contributed by atoms with E-state index in [1.807, 2.05) is 81.7 Å². The lowest BCUT2D eigenvalue weighted by Crippen LogP contribution is -2.54. The summed E-state index contributed by atoms with van der Waals surface area (Å²) < 4.78 is 18.7. The lowest BCUT2D eigenvalue weighted by Gasteiger charge is -2.43. The highest BCUT2D eigenvalue weighted by atomic mass is 32.1. The van der Waals surface area contributed by atoms with Gasteiger partial charge in [-0.3, -0.25) is 9.59 Å². The maximum atomic E-state index is 15.0. The monoisotopic (exact) mass is 1040 g/mol. The van der Waals surface area contributed by atoms with Crippen LogP contribution in [0.2, 0.25) is 0 Å². The summed E-state index contributed by atoms with van der Waals surface area (Å²) in [6.45, 7) is 12.5. The van der Waals surface area contributed by atoms with Gasteiger partial charge in [-0.25, -0.2) is 9.97 Å². The number of carbonyl (C=O) groups is 3. The van der Waals surface area contributed by atoms with Crippen LogP contribution >= 0.6 is 11.3 Å². The van der Waals surface area contributed by atoms with Crippen LogP contribution in [0.3, 0.4) is 0 Å². The van der Waals surface area contributed by atoms with Crippen molar-refractivity contribution < 1.29 is 33.5 Å². The maximum absolute atomic E-state index is 15.0. The molecular weight excluding hydrogens is 973 g/mol. The number of benzene rings is 2. The van der Waals surface area contributed by atoms with Crippen molar-refractivity contribution in [1.29, 1.82) is 0 Å². The molecule has 2 unspecified atom stereocenters. The number of hydrogen-bond donors (Lipinski definition) is 4. The average molecular weight is 1040 g/mol. The molecule has 8 heterocycles. The maximum Gasteiger partial charge on any atom is 0.243 e. The number of hydrogen-bond acceptors (Lipinski definition) is 18. The van der Waals surface area contributed by atoms with E-state index < -0.39 is 18.1 Å². The molecule has 4 saturated heterocycles. The number of piperazine rings is 2. The number of carbonyl (C=O) groups excluding carboxylic acids is 3. The first kappa shape index (κ1) is 49.9. The van der Waals surface area contributed by atoms with Gasteiger partial charge in [-0.05, 0) is 80.8 Å². The summed E-state index contributed by atoms with van der Waals surface area (Å²) in [7, 11) is 0. The molecule has 0 radical (unpaired) electrons. The van der Waals surface area contributed by atoms with E-state index in [1.165, 1.54) is 0 Å². The Bertz CT molecular complexity index is 3020. The van der Waals surface area contributed by atoms with Gasteiger partial charge in [0.15, 0.2) is 28.9 Å². The highest BCUT2D eigenvalue weighted by molar-refractivity contribution is 7.13. The number of nitrogens with two attached hydrogens (primary N) is 1. The third kappa shape index (κ3) is 10.2. The molecule has 20 heteroatoms. The number of fused-ring (bicyclic) bond motifs is 2. The first-order valence-corrected chi connectivity index (χ1v) is 27.0. The summed E-state index contributed by atoms with van der Waals surface area (Å²) in [6, 6.07) is 20.2. The van der Waals surface area contributed by atoms with Gasteiger partial charge in [0.2, 0.25) is 17.7 Å². The van der Waals surface area contributed by atoms with E-state index in [1.54, 1.807) is 40.6 Å². The van der Waals surface area contributed by atoms with Crippen molar-refractivity contribution in [3.05, 3.63) is 95.5 Å². The SMILES string of the molecule is Cc1ncsc1-c1ccc([C@H](C)NC(=O)[C@@H]2C[C@@H](Oc3cccc(-c4cc(N5CC6CCC(C5)N6c5ccnc(O[C@H]6C[C@H](C=O)C6)c5)c(N)nn4)c3O)CN2C(=O)[C@@H](c2cc(N3CCNCC3)no2)C(C)C)cc1. The van der Waals surface area contributed by atoms with Gasteiger partial charge < -0.3 is 59.9 Å². The second-order valence-corrected chi connectivity index (χ2v) is 21.8. The molecule has 1 aliphatic carbocycles. The van der Waals surface area contributed by atoms with Gasteiger partial charge in [0, 0.05) is 93.3 Å². The van der Waals surface area contributed by atoms with Crippen LogP contribution in [0.4, 0.5) is 23.0 Å². The van der Waals surface area contributed by atoms with Crippen LogP contribution in [0, 0.1) is 18.8 Å². The smallest absolute Gasteiger partial charge is 0.243 e. The first-order valence-electron chi connectivity index (χ1n) is 26.2. The van der Waals surface area contributed by atoms with Crippen molar-refractivity contribution in [2.45, 2.75) is 102 Å². The number of aryl methyl sites for hydroxylation is 1. The molecule has 75 heavy (non-hydrogen) atoms. The lowest BCUT2D eigenvalue weighted by atomic mass is 9.83. The van der Waals surface area contributed by atoms with Crippen LogP contribution in [0.5, 0.6) is 17.4 Å². The van der Waals surface area contributed by atoms with Gasteiger partial charge in [0.25, 0.3) is 0 Å². The minimum atomic E-state index is -0.897. The molecular formula is C55H64N12O7S. The third-order valence-corrected chi connectivity index (χ3v) is 16.6. The number of aromatic nitrogens is 5. The molecule has 19 nitrogen and oxygen atoms in total. The number of nitrogen functional groups attached to an aromatic ring is 1. The largest absolute Gasteiger partial charge is 0.504 e. The van der Waals surface area contributed by atoms with E-state index in [-0.39, 0.29) is 78.2 Å². The lowest BCUT2D eigenvalue weighted by molar-refractivity contribution is -0.141. The highest BCUT2D eigenvalue weighted by Crippen LogP contribution is 2.43. The van der Waals surface area contributed by atoms with Crippen LogP contribution < -0.4 is 40.5 Å². The van der Waals surface area contributed by atoms with Crippen LogP contribution in [-0.2, 0) is 14.4 Å². The Morgan fingerprint density at radius 3 is 2.41 bits per heavy atom. The van der Waals surface area contributed by atoms with Crippen molar-refractivity contribution in [2.24, 2.45) is 11.8 Å². The zero-order chi connectivity index (χ0) is 51.9. The van der Waals surface area contributed by atoms with E-state index >= 15 is 4.79 Å². The van der Waals surface area contributed by atoms with Crippen LogP contribution in [0.25, 0.3) is 21.7 Å². The van der Waals surface area contributed by atoms with Crippen molar-refractivity contribution in [2.75, 3.05) is 66.2 Å². The van der Waals surface area contributed by atoms with E-state index in [9.17, 15) is 14.7 Å².